The molecule has 1 atom stereocenters. The van der Waals surface area contributed by atoms with Gasteiger partial charge in [0.2, 0.25) is 0 Å². The fourth-order valence-electron chi connectivity index (χ4n) is 1.87. The number of nitrogens with one attached hydrogen (secondary N) is 1. The highest BCUT2D eigenvalue weighted by Gasteiger charge is 2.21. The summed E-state index contributed by atoms with van der Waals surface area (Å²) >= 11 is 7.46. The zero-order chi connectivity index (χ0) is 16.9. The highest BCUT2D eigenvalue weighted by atomic mass is 35.5. The number of hydrogen-bond donors (Lipinski definition) is 1. The molecule has 0 saturated carbocycles. The second-order valence-electron chi connectivity index (χ2n) is 6.01. The van der Waals surface area contributed by atoms with Gasteiger partial charge in [0, 0.05) is 9.92 Å². The summed E-state index contributed by atoms with van der Waals surface area (Å²) in [6.45, 7) is 5.53. The normalized spacial score (nSPS) is 12.5. The molecule has 2 aromatic carbocycles. The minimum absolute atomic E-state index is 0.243. The number of alkyl carbamates (subject to hydrolysis) is 1. The van der Waals surface area contributed by atoms with Crippen molar-refractivity contribution in [3.63, 3.8) is 0 Å². The number of halogens is 1. The van der Waals surface area contributed by atoms with Crippen LogP contribution in [-0.4, -0.2) is 11.7 Å². The van der Waals surface area contributed by atoms with Crippen LogP contribution in [0.25, 0.3) is 0 Å². The predicted octanol–water partition coefficient (Wildman–Crippen LogP) is 5.66. The van der Waals surface area contributed by atoms with Crippen LogP contribution in [0.15, 0.2) is 59.5 Å². The van der Waals surface area contributed by atoms with Gasteiger partial charge in [-0.05, 0) is 50.6 Å². The first-order chi connectivity index (χ1) is 10.8. The van der Waals surface area contributed by atoms with E-state index in [-0.39, 0.29) is 5.37 Å². The van der Waals surface area contributed by atoms with Crippen LogP contribution < -0.4 is 5.32 Å². The Balaban J connectivity index is 2.15. The van der Waals surface area contributed by atoms with Gasteiger partial charge in [-0.1, -0.05) is 53.7 Å². The molecule has 2 rings (SSSR count). The minimum Gasteiger partial charge on any atom is -0.444 e. The topological polar surface area (TPSA) is 38.3 Å². The van der Waals surface area contributed by atoms with E-state index >= 15 is 0 Å². The summed E-state index contributed by atoms with van der Waals surface area (Å²) in [7, 11) is 0. The number of benzene rings is 2. The lowest BCUT2D eigenvalue weighted by Gasteiger charge is -2.23. The first-order valence-corrected chi connectivity index (χ1v) is 8.56. The highest BCUT2D eigenvalue weighted by Crippen LogP contribution is 2.33. The molecular formula is C18H20ClNO2S. The maximum atomic E-state index is 12.1. The molecular weight excluding hydrogens is 330 g/mol. The van der Waals surface area contributed by atoms with E-state index in [9.17, 15) is 4.79 Å². The van der Waals surface area contributed by atoms with E-state index in [1.807, 2.05) is 75.4 Å². The molecule has 0 aliphatic rings. The monoisotopic (exact) mass is 349 g/mol. The van der Waals surface area contributed by atoms with E-state index in [4.69, 9.17) is 16.3 Å². The molecule has 0 saturated heterocycles. The van der Waals surface area contributed by atoms with Crippen LogP contribution in [0, 0.1) is 0 Å². The fourth-order valence-corrected chi connectivity index (χ4v) is 3.01. The predicted molar refractivity (Wildman–Crippen MR) is 95.9 cm³/mol. The molecule has 0 spiro atoms. The summed E-state index contributed by atoms with van der Waals surface area (Å²) in [5.41, 5.74) is 0.467. The van der Waals surface area contributed by atoms with E-state index in [0.29, 0.717) is 5.02 Å². The maximum absolute atomic E-state index is 12.1. The number of amides is 1. The van der Waals surface area contributed by atoms with Gasteiger partial charge in [0.1, 0.15) is 11.0 Å². The van der Waals surface area contributed by atoms with Crippen molar-refractivity contribution in [1.29, 1.82) is 0 Å². The fraction of sp³-hybridized carbons (Fsp3) is 0.278. The Labute approximate surface area is 146 Å². The molecule has 0 radical (unpaired) electrons. The molecule has 0 bridgehead atoms. The lowest BCUT2D eigenvalue weighted by Crippen LogP contribution is -2.34. The minimum atomic E-state index is -0.531. The quantitative estimate of drug-likeness (QED) is 0.572. The van der Waals surface area contributed by atoms with Crippen molar-refractivity contribution in [3.8, 4) is 0 Å². The molecule has 0 heterocycles. The standard InChI is InChI=1S/C18H20ClNO2S/c1-18(2,3)22-17(21)20-16(13-7-5-4-6-8-13)23-15-11-9-14(19)10-12-15/h4-12,16H,1-3H3,(H,20,21)/t16-/m1/s1. The van der Waals surface area contributed by atoms with Gasteiger partial charge >= 0.3 is 6.09 Å². The van der Waals surface area contributed by atoms with Crippen LogP contribution in [-0.2, 0) is 4.74 Å². The molecule has 0 fully saturated rings. The average molecular weight is 350 g/mol. The number of carbonyl (C=O) groups excluding carboxylic acids is 1. The van der Waals surface area contributed by atoms with Crippen molar-refractivity contribution in [2.45, 2.75) is 36.6 Å². The Kier molecular flexibility index (Phi) is 5.97. The van der Waals surface area contributed by atoms with Crippen LogP contribution in [0.1, 0.15) is 31.7 Å². The molecule has 23 heavy (non-hydrogen) atoms. The molecule has 0 aliphatic heterocycles. The Bertz CT molecular complexity index is 638. The molecule has 3 nitrogen and oxygen atoms in total. The number of ether oxygens (including phenoxy) is 1. The average Bonchev–Trinajstić information content (AvgIpc) is 2.48. The Morgan fingerprint density at radius 1 is 1.09 bits per heavy atom. The van der Waals surface area contributed by atoms with Crippen LogP contribution in [0.5, 0.6) is 0 Å². The Hall–Kier alpha value is -1.65. The van der Waals surface area contributed by atoms with E-state index in [1.54, 1.807) is 0 Å². The highest BCUT2D eigenvalue weighted by molar-refractivity contribution is 7.99. The van der Waals surface area contributed by atoms with Crippen molar-refractivity contribution in [2.75, 3.05) is 0 Å². The van der Waals surface area contributed by atoms with Gasteiger partial charge < -0.3 is 10.1 Å². The summed E-state index contributed by atoms with van der Waals surface area (Å²) in [6, 6.07) is 17.3. The second kappa shape index (κ2) is 7.75. The lowest BCUT2D eigenvalue weighted by atomic mass is 10.2. The maximum Gasteiger partial charge on any atom is 0.408 e. The first-order valence-electron chi connectivity index (χ1n) is 7.30. The van der Waals surface area contributed by atoms with Crippen LogP contribution in [0.3, 0.4) is 0 Å². The van der Waals surface area contributed by atoms with Crippen LogP contribution in [0.2, 0.25) is 5.02 Å². The summed E-state index contributed by atoms with van der Waals surface area (Å²) < 4.78 is 5.36. The third-order valence-electron chi connectivity index (χ3n) is 2.82. The van der Waals surface area contributed by atoms with E-state index in [2.05, 4.69) is 5.32 Å². The van der Waals surface area contributed by atoms with Crippen molar-refractivity contribution in [2.24, 2.45) is 0 Å². The summed E-state index contributed by atoms with van der Waals surface area (Å²) in [6.07, 6.45) is -0.437. The van der Waals surface area contributed by atoms with Crippen molar-refractivity contribution in [3.05, 3.63) is 65.2 Å². The molecule has 0 unspecified atom stereocenters. The van der Waals surface area contributed by atoms with Gasteiger partial charge in [0.25, 0.3) is 0 Å². The first kappa shape index (κ1) is 17.7. The molecule has 0 aliphatic carbocycles. The molecule has 2 aromatic rings. The van der Waals surface area contributed by atoms with Gasteiger partial charge in [-0.3, -0.25) is 0 Å². The molecule has 122 valence electrons. The number of rotatable bonds is 4. The van der Waals surface area contributed by atoms with Gasteiger partial charge in [-0.25, -0.2) is 4.79 Å². The molecule has 5 heteroatoms. The van der Waals surface area contributed by atoms with E-state index in [1.165, 1.54) is 11.8 Å². The number of hydrogen-bond acceptors (Lipinski definition) is 3. The summed E-state index contributed by atoms with van der Waals surface area (Å²) in [4.78, 5) is 13.1. The lowest BCUT2D eigenvalue weighted by molar-refractivity contribution is 0.0521. The second-order valence-corrected chi connectivity index (χ2v) is 7.62. The zero-order valence-electron chi connectivity index (χ0n) is 13.4. The van der Waals surface area contributed by atoms with Gasteiger partial charge in [0.15, 0.2) is 0 Å². The molecule has 1 amide bonds. The van der Waals surface area contributed by atoms with Crippen molar-refractivity contribution >= 4 is 29.5 Å². The van der Waals surface area contributed by atoms with E-state index in [0.717, 1.165) is 10.5 Å². The SMILES string of the molecule is CC(C)(C)OC(=O)N[C@H](Sc1ccc(Cl)cc1)c1ccccc1. The largest absolute Gasteiger partial charge is 0.444 e. The smallest absolute Gasteiger partial charge is 0.408 e. The van der Waals surface area contributed by atoms with Gasteiger partial charge in [-0.15, -0.1) is 0 Å². The number of thioether (sulfide) groups is 1. The van der Waals surface area contributed by atoms with Gasteiger partial charge in [0.05, 0.1) is 0 Å². The number of carbonyl (C=O) groups is 1. The Morgan fingerprint density at radius 3 is 2.26 bits per heavy atom. The summed E-state index contributed by atoms with van der Waals surface area (Å²) in [5.74, 6) is 0. The Morgan fingerprint density at radius 2 is 1.70 bits per heavy atom. The van der Waals surface area contributed by atoms with Gasteiger partial charge in [-0.2, -0.15) is 0 Å². The third-order valence-corrected chi connectivity index (χ3v) is 4.24. The molecule has 0 aromatic heterocycles. The molecule has 1 N–H and O–H groups in total. The van der Waals surface area contributed by atoms with Crippen molar-refractivity contribution < 1.29 is 9.53 Å². The van der Waals surface area contributed by atoms with Crippen LogP contribution in [0.4, 0.5) is 4.79 Å². The third kappa shape index (κ3) is 6.16. The van der Waals surface area contributed by atoms with Crippen molar-refractivity contribution in [1.82, 2.24) is 5.32 Å². The van der Waals surface area contributed by atoms with E-state index < -0.39 is 11.7 Å². The van der Waals surface area contributed by atoms with Crippen LogP contribution >= 0.6 is 23.4 Å². The summed E-state index contributed by atoms with van der Waals surface area (Å²) in [5, 5.41) is 3.36. The zero-order valence-corrected chi connectivity index (χ0v) is 14.9.